The molecule has 0 aliphatic heterocycles. The molecule has 0 heterocycles. The monoisotopic (exact) mass is 425 g/mol. The molecule has 2 unspecified atom stereocenters. The highest BCUT2D eigenvalue weighted by Crippen LogP contribution is 2.47. The first-order valence-electron chi connectivity index (χ1n) is 7.01. The summed E-state index contributed by atoms with van der Waals surface area (Å²) in [7, 11) is 0. The summed E-state index contributed by atoms with van der Waals surface area (Å²) < 4.78 is 15.1. The molecule has 0 aromatic heterocycles. The van der Waals surface area contributed by atoms with E-state index in [1.54, 1.807) is 6.07 Å². The number of amides is 1. The van der Waals surface area contributed by atoms with Gasteiger partial charge in [-0.1, -0.05) is 44.0 Å². The third kappa shape index (κ3) is 3.58. The quantitative estimate of drug-likeness (QED) is 0.749. The second kappa shape index (κ2) is 6.50. The van der Waals surface area contributed by atoms with E-state index in [0.717, 1.165) is 20.9 Å². The fourth-order valence-electron chi connectivity index (χ4n) is 2.56. The standard InChI is InChI=1S/C17H14Br2FNO/c18-12-3-1-10(2-4-12)14-8-15(14)17(22)21-9-11-7-13(20)5-6-16(11)19/h1-7,14-15H,8-9H2,(H,21,22). The Labute approximate surface area is 145 Å². The second-order valence-corrected chi connectivity index (χ2v) is 7.22. The first-order valence-corrected chi connectivity index (χ1v) is 8.60. The Kier molecular flexibility index (Phi) is 4.64. The molecule has 114 valence electrons. The van der Waals surface area contributed by atoms with Gasteiger partial charge in [0.2, 0.25) is 5.91 Å². The van der Waals surface area contributed by atoms with Crippen molar-refractivity contribution in [2.24, 2.45) is 5.92 Å². The van der Waals surface area contributed by atoms with Crippen LogP contribution in [0.2, 0.25) is 0 Å². The molecular weight excluding hydrogens is 413 g/mol. The zero-order valence-corrected chi connectivity index (χ0v) is 14.8. The number of carbonyl (C=O) groups is 1. The maximum Gasteiger partial charge on any atom is 0.224 e. The third-order valence-electron chi connectivity index (χ3n) is 3.89. The van der Waals surface area contributed by atoms with Crippen LogP contribution < -0.4 is 5.32 Å². The summed E-state index contributed by atoms with van der Waals surface area (Å²) in [5.74, 6) is 0.0493. The van der Waals surface area contributed by atoms with Crippen molar-refractivity contribution >= 4 is 37.8 Å². The van der Waals surface area contributed by atoms with Gasteiger partial charge < -0.3 is 5.32 Å². The number of hydrogen-bond donors (Lipinski definition) is 1. The zero-order chi connectivity index (χ0) is 15.7. The fourth-order valence-corrected chi connectivity index (χ4v) is 3.21. The molecule has 1 aliphatic carbocycles. The molecule has 0 radical (unpaired) electrons. The van der Waals surface area contributed by atoms with Crippen molar-refractivity contribution in [1.29, 1.82) is 0 Å². The number of benzene rings is 2. The molecule has 2 aromatic carbocycles. The molecule has 3 rings (SSSR count). The molecule has 0 spiro atoms. The average molecular weight is 427 g/mol. The van der Waals surface area contributed by atoms with Gasteiger partial charge in [-0.2, -0.15) is 0 Å². The van der Waals surface area contributed by atoms with Gasteiger partial charge in [0.05, 0.1) is 0 Å². The van der Waals surface area contributed by atoms with Crippen molar-refractivity contribution in [2.45, 2.75) is 18.9 Å². The van der Waals surface area contributed by atoms with Crippen LogP contribution in [0.3, 0.4) is 0 Å². The lowest BCUT2D eigenvalue weighted by Crippen LogP contribution is -2.25. The predicted molar refractivity (Wildman–Crippen MR) is 90.9 cm³/mol. The minimum Gasteiger partial charge on any atom is -0.352 e. The maximum atomic E-state index is 13.2. The van der Waals surface area contributed by atoms with Gasteiger partial charge in [0.15, 0.2) is 0 Å². The smallest absolute Gasteiger partial charge is 0.224 e. The Morgan fingerprint density at radius 2 is 1.91 bits per heavy atom. The lowest BCUT2D eigenvalue weighted by atomic mass is 10.1. The van der Waals surface area contributed by atoms with Crippen molar-refractivity contribution in [2.75, 3.05) is 0 Å². The van der Waals surface area contributed by atoms with Gasteiger partial charge in [-0.3, -0.25) is 4.79 Å². The van der Waals surface area contributed by atoms with E-state index in [0.29, 0.717) is 12.5 Å². The highest BCUT2D eigenvalue weighted by molar-refractivity contribution is 9.10. The summed E-state index contributed by atoms with van der Waals surface area (Å²) in [6.45, 7) is 0.334. The molecule has 2 nitrogen and oxygen atoms in total. The van der Waals surface area contributed by atoms with Crippen LogP contribution in [-0.4, -0.2) is 5.91 Å². The highest BCUT2D eigenvalue weighted by Gasteiger charge is 2.43. The van der Waals surface area contributed by atoms with Crippen LogP contribution in [0.4, 0.5) is 4.39 Å². The molecule has 2 aromatic rings. The normalized spacial score (nSPS) is 19.8. The number of halogens is 3. The fraction of sp³-hybridized carbons (Fsp3) is 0.235. The number of nitrogens with one attached hydrogen (secondary N) is 1. The summed E-state index contributed by atoms with van der Waals surface area (Å²) in [4.78, 5) is 12.2. The molecule has 5 heteroatoms. The van der Waals surface area contributed by atoms with E-state index < -0.39 is 0 Å². The second-order valence-electron chi connectivity index (χ2n) is 5.45. The van der Waals surface area contributed by atoms with Gasteiger partial charge in [-0.15, -0.1) is 0 Å². The molecule has 22 heavy (non-hydrogen) atoms. The first kappa shape index (κ1) is 15.7. The Bertz CT molecular complexity index is 702. The SMILES string of the molecule is O=C(NCc1cc(F)ccc1Br)C1CC1c1ccc(Br)cc1. The molecule has 1 amide bonds. The third-order valence-corrected chi connectivity index (χ3v) is 5.19. The summed E-state index contributed by atoms with van der Waals surface area (Å²) in [5.41, 5.74) is 1.93. The van der Waals surface area contributed by atoms with E-state index in [-0.39, 0.29) is 17.6 Å². The van der Waals surface area contributed by atoms with Crippen LogP contribution in [-0.2, 0) is 11.3 Å². The number of hydrogen-bond acceptors (Lipinski definition) is 1. The van der Waals surface area contributed by atoms with Crippen LogP contribution >= 0.6 is 31.9 Å². The lowest BCUT2D eigenvalue weighted by Gasteiger charge is -2.07. The van der Waals surface area contributed by atoms with Gasteiger partial charge in [-0.25, -0.2) is 4.39 Å². The van der Waals surface area contributed by atoms with Crippen molar-refractivity contribution in [3.63, 3.8) is 0 Å². The molecular formula is C17H14Br2FNO. The Balaban J connectivity index is 1.57. The van der Waals surface area contributed by atoms with Crippen LogP contribution in [0, 0.1) is 11.7 Å². The summed E-state index contributed by atoms with van der Waals surface area (Å²) in [5, 5.41) is 2.90. The summed E-state index contributed by atoms with van der Waals surface area (Å²) in [6, 6.07) is 12.6. The van der Waals surface area contributed by atoms with E-state index in [9.17, 15) is 9.18 Å². The topological polar surface area (TPSA) is 29.1 Å². The predicted octanol–water partition coefficient (Wildman–Crippen LogP) is 4.77. The molecule has 1 N–H and O–H groups in total. The largest absolute Gasteiger partial charge is 0.352 e. The molecule has 2 atom stereocenters. The lowest BCUT2D eigenvalue weighted by molar-refractivity contribution is -0.122. The van der Waals surface area contributed by atoms with E-state index in [4.69, 9.17) is 0 Å². The van der Waals surface area contributed by atoms with E-state index >= 15 is 0 Å². The Hall–Kier alpha value is -1.20. The van der Waals surface area contributed by atoms with Gasteiger partial charge in [-0.05, 0) is 53.8 Å². The van der Waals surface area contributed by atoms with Gasteiger partial charge in [0, 0.05) is 21.4 Å². The van der Waals surface area contributed by atoms with Crippen molar-refractivity contribution in [1.82, 2.24) is 5.32 Å². The first-order chi connectivity index (χ1) is 10.5. The number of carbonyl (C=O) groups excluding carboxylic acids is 1. The van der Waals surface area contributed by atoms with Crippen molar-refractivity contribution < 1.29 is 9.18 Å². The van der Waals surface area contributed by atoms with Crippen molar-refractivity contribution in [3.8, 4) is 0 Å². The van der Waals surface area contributed by atoms with Crippen LogP contribution in [0.5, 0.6) is 0 Å². The molecule has 0 bridgehead atoms. The van der Waals surface area contributed by atoms with Crippen LogP contribution in [0.15, 0.2) is 51.4 Å². The van der Waals surface area contributed by atoms with E-state index in [1.807, 2.05) is 24.3 Å². The Morgan fingerprint density at radius 3 is 2.64 bits per heavy atom. The van der Waals surface area contributed by atoms with Gasteiger partial charge in [0.1, 0.15) is 5.82 Å². The summed E-state index contributed by atoms with van der Waals surface area (Å²) >= 11 is 6.77. The highest BCUT2D eigenvalue weighted by atomic mass is 79.9. The molecule has 1 saturated carbocycles. The van der Waals surface area contributed by atoms with E-state index in [1.165, 1.54) is 17.7 Å². The molecule has 1 aliphatic rings. The van der Waals surface area contributed by atoms with Crippen molar-refractivity contribution in [3.05, 3.63) is 68.4 Å². The van der Waals surface area contributed by atoms with Crippen LogP contribution in [0.25, 0.3) is 0 Å². The zero-order valence-electron chi connectivity index (χ0n) is 11.7. The Morgan fingerprint density at radius 1 is 1.18 bits per heavy atom. The average Bonchev–Trinajstić information content (AvgIpc) is 3.29. The summed E-state index contributed by atoms with van der Waals surface area (Å²) in [6.07, 6.45) is 0.873. The van der Waals surface area contributed by atoms with Gasteiger partial charge in [0.25, 0.3) is 0 Å². The van der Waals surface area contributed by atoms with Gasteiger partial charge >= 0.3 is 0 Å². The van der Waals surface area contributed by atoms with E-state index in [2.05, 4.69) is 37.2 Å². The van der Waals surface area contributed by atoms with Crippen LogP contribution in [0.1, 0.15) is 23.5 Å². The minimum absolute atomic E-state index is 0.0218. The molecule has 1 fully saturated rings. The minimum atomic E-state index is -0.299. The molecule has 0 saturated heterocycles. The number of rotatable bonds is 4. The maximum absolute atomic E-state index is 13.2.